The van der Waals surface area contributed by atoms with Crippen LogP contribution in [-0.4, -0.2) is 85.0 Å². The van der Waals surface area contributed by atoms with Crippen molar-refractivity contribution in [1.82, 2.24) is 35.5 Å². The van der Waals surface area contributed by atoms with E-state index in [-0.39, 0.29) is 17.8 Å². The molecule has 13 nitrogen and oxygen atoms in total. The number of nitrogens with one attached hydrogen (secondary N) is 3. The Morgan fingerprint density at radius 3 is 2.94 bits per heavy atom. The number of nitrogens with zero attached hydrogens (tertiary/aromatic N) is 4. The van der Waals surface area contributed by atoms with Crippen LogP contribution in [-0.2, 0) is 14.3 Å². The van der Waals surface area contributed by atoms with Gasteiger partial charge in [0.05, 0.1) is 19.0 Å². The Hall–Kier alpha value is -2.87. The zero-order valence-electron chi connectivity index (χ0n) is 16.9. The van der Waals surface area contributed by atoms with E-state index in [2.05, 4.69) is 30.9 Å². The zero-order chi connectivity index (χ0) is 22.1. The lowest BCUT2D eigenvalue weighted by molar-refractivity contribution is -0.130. The molecule has 2 aromatic rings. The molecule has 2 amide bonds. The summed E-state index contributed by atoms with van der Waals surface area (Å²) in [5.41, 5.74) is 6.54. The molecule has 2 aliphatic heterocycles. The monoisotopic (exact) mass is 434 g/mol. The number of carbonyl (C=O) groups excluding carboxylic acids is 2. The SMILES string of the molecule is C[C@H](NC(=O)[C@@H]1CCCN1)C(=O)N[C@@H]1[C@H](O)[C@@H](CO)O[C@H]1n1cnc2c(N)ncnc21. The van der Waals surface area contributed by atoms with Crippen LogP contribution in [0.15, 0.2) is 12.7 Å². The molecule has 2 aliphatic rings. The minimum absolute atomic E-state index is 0.179. The standard InChI is InChI=1S/C18H26N8O5/c1-8(24-17(30)9-3-2-4-20-9)16(29)25-11-13(28)10(5-27)31-18(11)26-7-23-12-14(19)21-6-22-15(12)26/h6-11,13,18,20,27-28H,2-5H2,1H3,(H,24,30)(H,25,29)(H2,19,21,22)/t8-,9-,10+,11+,13+,18+/m0/s1. The number of hydrogen-bond donors (Lipinski definition) is 6. The van der Waals surface area contributed by atoms with Gasteiger partial charge in [0.15, 0.2) is 17.7 Å². The number of anilines is 1. The molecule has 0 saturated carbocycles. The van der Waals surface area contributed by atoms with Crippen LogP contribution in [0.2, 0.25) is 0 Å². The average molecular weight is 434 g/mol. The van der Waals surface area contributed by atoms with E-state index in [0.29, 0.717) is 17.6 Å². The minimum Gasteiger partial charge on any atom is -0.394 e. The van der Waals surface area contributed by atoms with Gasteiger partial charge in [0.1, 0.15) is 36.1 Å². The van der Waals surface area contributed by atoms with Gasteiger partial charge < -0.3 is 36.6 Å². The van der Waals surface area contributed by atoms with Crippen molar-refractivity contribution >= 4 is 28.8 Å². The van der Waals surface area contributed by atoms with Gasteiger partial charge in [-0.3, -0.25) is 14.2 Å². The van der Waals surface area contributed by atoms with Gasteiger partial charge in [0.2, 0.25) is 11.8 Å². The van der Waals surface area contributed by atoms with Gasteiger partial charge in [-0.1, -0.05) is 0 Å². The fourth-order valence-electron chi connectivity index (χ4n) is 3.92. The fraction of sp³-hybridized carbons (Fsp3) is 0.611. The summed E-state index contributed by atoms with van der Waals surface area (Å²) in [5.74, 6) is -0.569. The van der Waals surface area contributed by atoms with Crippen molar-refractivity contribution in [3.63, 3.8) is 0 Å². The van der Waals surface area contributed by atoms with Crippen molar-refractivity contribution < 1.29 is 24.5 Å². The molecule has 2 fully saturated rings. The third-order valence-corrected chi connectivity index (χ3v) is 5.65. The number of nitrogen functional groups attached to an aromatic ring is 1. The highest BCUT2D eigenvalue weighted by Gasteiger charge is 2.46. The lowest BCUT2D eigenvalue weighted by atomic mass is 10.1. The van der Waals surface area contributed by atoms with Crippen LogP contribution in [0.5, 0.6) is 0 Å². The number of ether oxygens (including phenoxy) is 1. The maximum absolute atomic E-state index is 12.8. The summed E-state index contributed by atoms with van der Waals surface area (Å²) in [6.45, 7) is 1.87. The number of rotatable bonds is 6. The van der Waals surface area contributed by atoms with Gasteiger partial charge >= 0.3 is 0 Å². The second-order valence-electron chi connectivity index (χ2n) is 7.73. The van der Waals surface area contributed by atoms with Gasteiger partial charge in [0, 0.05) is 0 Å². The first-order valence-electron chi connectivity index (χ1n) is 10.1. The van der Waals surface area contributed by atoms with E-state index in [1.807, 2.05) is 0 Å². The van der Waals surface area contributed by atoms with Crippen LogP contribution in [0.3, 0.4) is 0 Å². The number of carbonyl (C=O) groups is 2. The van der Waals surface area contributed by atoms with Crippen LogP contribution in [0.25, 0.3) is 11.2 Å². The van der Waals surface area contributed by atoms with E-state index in [9.17, 15) is 19.8 Å². The number of amides is 2. The molecule has 0 spiro atoms. The predicted octanol–water partition coefficient (Wildman–Crippen LogP) is -2.60. The van der Waals surface area contributed by atoms with Gasteiger partial charge in [0.25, 0.3) is 0 Å². The van der Waals surface area contributed by atoms with Crippen molar-refractivity contribution in [3.8, 4) is 0 Å². The summed E-state index contributed by atoms with van der Waals surface area (Å²) in [4.78, 5) is 37.3. The van der Waals surface area contributed by atoms with Crippen LogP contribution in [0, 0.1) is 0 Å². The molecule has 0 radical (unpaired) electrons. The normalized spacial score (nSPS) is 29.2. The van der Waals surface area contributed by atoms with Crippen molar-refractivity contribution in [3.05, 3.63) is 12.7 Å². The lowest BCUT2D eigenvalue weighted by Crippen LogP contribution is -2.54. The number of aliphatic hydroxyl groups is 2. The maximum atomic E-state index is 12.8. The van der Waals surface area contributed by atoms with E-state index >= 15 is 0 Å². The van der Waals surface area contributed by atoms with E-state index in [1.54, 1.807) is 6.92 Å². The number of imidazole rings is 1. The molecule has 4 rings (SSSR count). The molecule has 0 aliphatic carbocycles. The predicted molar refractivity (Wildman–Crippen MR) is 107 cm³/mol. The van der Waals surface area contributed by atoms with Crippen molar-refractivity contribution in [2.24, 2.45) is 0 Å². The summed E-state index contributed by atoms with van der Waals surface area (Å²) >= 11 is 0. The molecule has 4 heterocycles. The molecule has 13 heteroatoms. The highest BCUT2D eigenvalue weighted by molar-refractivity contribution is 5.89. The molecule has 168 valence electrons. The largest absolute Gasteiger partial charge is 0.394 e. The van der Waals surface area contributed by atoms with Crippen molar-refractivity contribution in [2.45, 2.75) is 56.3 Å². The van der Waals surface area contributed by atoms with Crippen LogP contribution in [0.1, 0.15) is 26.0 Å². The Labute approximate surface area is 177 Å². The smallest absolute Gasteiger partial charge is 0.242 e. The van der Waals surface area contributed by atoms with E-state index in [1.165, 1.54) is 17.2 Å². The first-order valence-corrected chi connectivity index (χ1v) is 10.1. The van der Waals surface area contributed by atoms with Crippen molar-refractivity contribution in [2.75, 3.05) is 18.9 Å². The Kier molecular flexibility index (Phi) is 6.00. The molecular formula is C18H26N8O5. The quantitative estimate of drug-likeness (QED) is 0.281. The number of aromatic nitrogens is 4. The Balaban J connectivity index is 1.52. The summed E-state index contributed by atoms with van der Waals surface area (Å²) in [7, 11) is 0. The topological polar surface area (TPSA) is 190 Å². The molecule has 0 bridgehead atoms. The van der Waals surface area contributed by atoms with E-state index in [4.69, 9.17) is 10.5 Å². The molecule has 0 aromatic carbocycles. The first kappa shape index (κ1) is 21.4. The minimum atomic E-state index is -1.20. The molecule has 7 N–H and O–H groups in total. The highest BCUT2D eigenvalue weighted by Crippen LogP contribution is 2.32. The maximum Gasteiger partial charge on any atom is 0.242 e. The highest BCUT2D eigenvalue weighted by atomic mass is 16.5. The molecule has 31 heavy (non-hydrogen) atoms. The summed E-state index contributed by atoms with van der Waals surface area (Å²) < 4.78 is 7.30. The number of hydrogen-bond acceptors (Lipinski definition) is 10. The van der Waals surface area contributed by atoms with Gasteiger partial charge in [-0.15, -0.1) is 0 Å². The molecule has 0 unspecified atom stereocenters. The Morgan fingerprint density at radius 1 is 1.42 bits per heavy atom. The second kappa shape index (κ2) is 8.70. The van der Waals surface area contributed by atoms with Gasteiger partial charge in [-0.05, 0) is 26.3 Å². The molecule has 2 aromatic heterocycles. The third kappa shape index (κ3) is 4.04. The van der Waals surface area contributed by atoms with E-state index < -0.39 is 43.0 Å². The van der Waals surface area contributed by atoms with Crippen LogP contribution >= 0.6 is 0 Å². The van der Waals surface area contributed by atoms with Gasteiger partial charge in [-0.2, -0.15) is 0 Å². The lowest BCUT2D eigenvalue weighted by Gasteiger charge is -2.25. The van der Waals surface area contributed by atoms with Crippen LogP contribution < -0.4 is 21.7 Å². The van der Waals surface area contributed by atoms with Crippen LogP contribution in [0.4, 0.5) is 5.82 Å². The number of aliphatic hydroxyl groups excluding tert-OH is 2. The average Bonchev–Trinajstić information content (AvgIpc) is 3.48. The first-order chi connectivity index (χ1) is 14.9. The fourth-order valence-corrected chi connectivity index (χ4v) is 3.92. The third-order valence-electron chi connectivity index (χ3n) is 5.65. The number of nitrogens with two attached hydrogens (primary N) is 1. The molecule has 2 saturated heterocycles. The number of fused-ring (bicyclic) bond motifs is 1. The summed E-state index contributed by atoms with van der Waals surface area (Å²) in [6.07, 6.45) is 1.27. The molecular weight excluding hydrogens is 408 g/mol. The van der Waals surface area contributed by atoms with Crippen molar-refractivity contribution in [1.29, 1.82) is 0 Å². The van der Waals surface area contributed by atoms with Gasteiger partial charge in [-0.25, -0.2) is 15.0 Å². The summed E-state index contributed by atoms with van der Waals surface area (Å²) in [5, 5.41) is 28.7. The second-order valence-corrected chi connectivity index (χ2v) is 7.73. The van der Waals surface area contributed by atoms with E-state index in [0.717, 1.165) is 13.0 Å². The summed E-state index contributed by atoms with van der Waals surface area (Å²) in [6, 6.07) is -2.08. The molecule has 6 atom stereocenters. The Morgan fingerprint density at radius 2 is 2.23 bits per heavy atom. The Bertz CT molecular complexity index is 962. The zero-order valence-corrected chi connectivity index (χ0v) is 16.9.